The molecule has 1 heterocycles. The molecule has 1 fully saturated rings. The maximum atomic E-state index is 5.50. The maximum absolute atomic E-state index is 5.50. The topological polar surface area (TPSA) is 21.3 Å². The summed E-state index contributed by atoms with van der Waals surface area (Å²) in [5.41, 5.74) is 2.56. The van der Waals surface area contributed by atoms with E-state index in [1.165, 1.54) is 30.4 Å². The van der Waals surface area contributed by atoms with E-state index in [0.29, 0.717) is 6.04 Å². The average molecular weight is 284 g/mol. The van der Waals surface area contributed by atoms with Crippen LogP contribution >= 0.6 is 15.9 Å². The Balaban J connectivity index is 2.36. The summed E-state index contributed by atoms with van der Waals surface area (Å²) in [7, 11) is 1.74. The molecule has 1 aliphatic heterocycles. The van der Waals surface area contributed by atoms with E-state index in [9.17, 15) is 0 Å². The van der Waals surface area contributed by atoms with Crippen LogP contribution in [0.2, 0.25) is 0 Å². The van der Waals surface area contributed by atoms with Gasteiger partial charge in [-0.05, 0) is 53.9 Å². The van der Waals surface area contributed by atoms with Gasteiger partial charge in [0.25, 0.3) is 0 Å². The van der Waals surface area contributed by atoms with Crippen LogP contribution in [0.5, 0.6) is 5.75 Å². The second-order valence-electron chi connectivity index (χ2n) is 4.37. The second kappa shape index (κ2) is 5.19. The van der Waals surface area contributed by atoms with Crippen LogP contribution in [0.15, 0.2) is 16.6 Å². The zero-order valence-electron chi connectivity index (χ0n) is 9.85. The van der Waals surface area contributed by atoms with Gasteiger partial charge in [-0.3, -0.25) is 0 Å². The highest BCUT2D eigenvalue weighted by Crippen LogP contribution is 2.36. The molecule has 0 bridgehead atoms. The van der Waals surface area contributed by atoms with Gasteiger partial charge in [-0.1, -0.05) is 12.5 Å². The van der Waals surface area contributed by atoms with E-state index in [-0.39, 0.29) is 0 Å². The van der Waals surface area contributed by atoms with E-state index in [4.69, 9.17) is 4.74 Å². The number of nitrogens with one attached hydrogen (secondary N) is 1. The molecule has 1 saturated heterocycles. The molecule has 1 aromatic carbocycles. The molecular weight excluding hydrogens is 266 g/mol. The summed E-state index contributed by atoms with van der Waals surface area (Å²) in [5, 5.41) is 3.56. The number of hydrogen-bond acceptors (Lipinski definition) is 2. The Labute approximate surface area is 106 Å². The van der Waals surface area contributed by atoms with E-state index < -0.39 is 0 Å². The Morgan fingerprint density at radius 2 is 2.19 bits per heavy atom. The van der Waals surface area contributed by atoms with Gasteiger partial charge in [-0.15, -0.1) is 0 Å². The molecule has 0 amide bonds. The molecule has 1 aromatic rings. The molecule has 0 radical (unpaired) electrons. The number of ether oxygens (including phenoxy) is 1. The Hall–Kier alpha value is -0.540. The molecule has 2 nitrogen and oxygen atoms in total. The number of halogens is 1. The third-order valence-electron chi connectivity index (χ3n) is 3.11. The summed E-state index contributed by atoms with van der Waals surface area (Å²) in [5.74, 6) is 0.977. The molecular formula is C13H18BrNO. The quantitative estimate of drug-likeness (QED) is 0.896. The van der Waals surface area contributed by atoms with Crippen LogP contribution in [0.3, 0.4) is 0 Å². The standard InChI is InChI=1S/C13H18BrNO/c1-9-7-10(12-5-3-4-6-15-12)13(16-2)11(14)8-9/h7-8,12,15H,3-6H2,1-2H3. The van der Waals surface area contributed by atoms with Gasteiger partial charge >= 0.3 is 0 Å². The lowest BCUT2D eigenvalue weighted by molar-refractivity contribution is 0.372. The summed E-state index contributed by atoms with van der Waals surface area (Å²) in [6.07, 6.45) is 3.78. The highest BCUT2D eigenvalue weighted by Gasteiger charge is 2.20. The summed E-state index contributed by atoms with van der Waals surface area (Å²) in [6.45, 7) is 3.23. The van der Waals surface area contributed by atoms with Crippen molar-refractivity contribution >= 4 is 15.9 Å². The molecule has 88 valence electrons. The van der Waals surface area contributed by atoms with Gasteiger partial charge < -0.3 is 10.1 Å². The summed E-state index contributed by atoms with van der Waals surface area (Å²) in [6, 6.07) is 4.78. The maximum Gasteiger partial charge on any atom is 0.137 e. The number of rotatable bonds is 2. The van der Waals surface area contributed by atoms with E-state index >= 15 is 0 Å². The van der Waals surface area contributed by atoms with E-state index in [1.807, 2.05) is 0 Å². The molecule has 0 aliphatic carbocycles. The van der Waals surface area contributed by atoms with E-state index in [0.717, 1.165) is 16.8 Å². The molecule has 2 rings (SSSR count). The first-order valence-electron chi connectivity index (χ1n) is 5.80. The van der Waals surface area contributed by atoms with Crippen LogP contribution in [0.25, 0.3) is 0 Å². The van der Waals surface area contributed by atoms with E-state index in [2.05, 4.69) is 40.3 Å². The molecule has 1 atom stereocenters. The Morgan fingerprint density at radius 1 is 1.38 bits per heavy atom. The summed E-state index contributed by atoms with van der Waals surface area (Å²) in [4.78, 5) is 0. The molecule has 1 N–H and O–H groups in total. The molecule has 1 unspecified atom stereocenters. The number of methoxy groups -OCH3 is 1. The molecule has 1 aliphatic rings. The molecule has 0 spiro atoms. The van der Waals surface area contributed by atoms with Crippen molar-refractivity contribution in [2.45, 2.75) is 32.2 Å². The Kier molecular flexibility index (Phi) is 3.87. The van der Waals surface area contributed by atoms with Crippen LogP contribution in [-0.4, -0.2) is 13.7 Å². The van der Waals surface area contributed by atoms with Gasteiger partial charge in [0.1, 0.15) is 5.75 Å². The fourth-order valence-electron chi connectivity index (χ4n) is 2.35. The minimum Gasteiger partial charge on any atom is -0.495 e. The molecule has 0 aromatic heterocycles. The lowest BCUT2D eigenvalue weighted by atomic mass is 9.95. The van der Waals surface area contributed by atoms with Crippen LogP contribution in [-0.2, 0) is 0 Å². The first-order valence-corrected chi connectivity index (χ1v) is 6.59. The number of piperidine rings is 1. The smallest absolute Gasteiger partial charge is 0.137 e. The Morgan fingerprint density at radius 3 is 2.81 bits per heavy atom. The van der Waals surface area contributed by atoms with Gasteiger partial charge in [0.05, 0.1) is 11.6 Å². The lowest BCUT2D eigenvalue weighted by Gasteiger charge is -2.26. The van der Waals surface area contributed by atoms with Gasteiger partial charge in [0.2, 0.25) is 0 Å². The highest BCUT2D eigenvalue weighted by molar-refractivity contribution is 9.10. The fraction of sp³-hybridized carbons (Fsp3) is 0.538. The third-order valence-corrected chi connectivity index (χ3v) is 3.70. The van der Waals surface area contributed by atoms with Gasteiger partial charge in [0, 0.05) is 11.6 Å². The van der Waals surface area contributed by atoms with Gasteiger partial charge in [-0.2, -0.15) is 0 Å². The highest BCUT2D eigenvalue weighted by atomic mass is 79.9. The lowest BCUT2D eigenvalue weighted by Crippen LogP contribution is -2.27. The predicted octanol–water partition coefficient (Wildman–Crippen LogP) is 3.58. The van der Waals surface area contributed by atoms with Crippen molar-refractivity contribution in [3.63, 3.8) is 0 Å². The minimum absolute atomic E-state index is 0.444. The van der Waals surface area contributed by atoms with Crippen LogP contribution < -0.4 is 10.1 Å². The Bertz CT molecular complexity index is 372. The zero-order chi connectivity index (χ0) is 11.5. The molecule has 16 heavy (non-hydrogen) atoms. The second-order valence-corrected chi connectivity index (χ2v) is 5.23. The van der Waals surface area contributed by atoms with Crippen molar-refractivity contribution in [2.75, 3.05) is 13.7 Å². The van der Waals surface area contributed by atoms with Crippen molar-refractivity contribution in [2.24, 2.45) is 0 Å². The van der Waals surface area contributed by atoms with Crippen molar-refractivity contribution in [3.05, 3.63) is 27.7 Å². The van der Waals surface area contributed by atoms with Crippen LogP contribution in [0, 0.1) is 6.92 Å². The zero-order valence-corrected chi connectivity index (χ0v) is 11.4. The average Bonchev–Trinajstić information content (AvgIpc) is 2.29. The number of aryl methyl sites for hydroxylation is 1. The van der Waals surface area contributed by atoms with Gasteiger partial charge in [0.15, 0.2) is 0 Å². The predicted molar refractivity (Wildman–Crippen MR) is 70.0 cm³/mol. The summed E-state index contributed by atoms with van der Waals surface area (Å²) < 4.78 is 6.55. The first kappa shape index (κ1) is 11.9. The normalized spacial score (nSPS) is 20.8. The van der Waals surface area contributed by atoms with Crippen molar-refractivity contribution in [3.8, 4) is 5.75 Å². The largest absolute Gasteiger partial charge is 0.495 e. The number of hydrogen-bond donors (Lipinski definition) is 1. The van der Waals surface area contributed by atoms with Crippen molar-refractivity contribution < 1.29 is 4.74 Å². The molecule has 0 saturated carbocycles. The SMILES string of the molecule is COc1c(Br)cc(C)cc1C1CCCCN1. The first-order chi connectivity index (χ1) is 7.72. The van der Waals surface area contributed by atoms with Crippen molar-refractivity contribution in [1.82, 2.24) is 5.32 Å². The number of benzene rings is 1. The van der Waals surface area contributed by atoms with Crippen LogP contribution in [0.4, 0.5) is 0 Å². The minimum atomic E-state index is 0.444. The van der Waals surface area contributed by atoms with Crippen molar-refractivity contribution in [1.29, 1.82) is 0 Å². The third kappa shape index (κ3) is 2.41. The monoisotopic (exact) mass is 283 g/mol. The fourth-order valence-corrected chi connectivity index (χ4v) is 3.10. The van der Waals surface area contributed by atoms with E-state index in [1.54, 1.807) is 7.11 Å². The van der Waals surface area contributed by atoms with Crippen LogP contribution in [0.1, 0.15) is 36.4 Å². The molecule has 3 heteroatoms. The van der Waals surface area contributed by atoms with Gasteiger partial charge in [-0.25, -0.2) is 0 Å². The summed E-state index contributed by atoms with van der Waals surface area (Å²) >= 11 is 3.57.